The van der Waals surface area contributed by atoms with Gasteiger partial charge in [-0.2, -0.15) is 0 Å². The van der Waals surface area contributed by atoms with Crippen LogP contribution in [0.1, 0.15) is 29.3 Å². The lowest BCUT2D eigenvalue weighted by atomic mass is 10.1. The monoisotopic (exact) mass is 341 g/mol. The molecular formula is C19H23N3O3. The largest absolute Gasteiger partial charge is 0.478 e. The van der Waals surface area contributed by atoms with Gasteiger partial charge in [-0.05, 0) is 50.1 Å². The first-order valence-electron chi connectivity index (χ1n) is 8.58. The minimum absolute atomic E-state index is 0.183. The van der Waals surface area contributed by atoms with E-state index in [0.29, 0.717) is 18.1 Å². The Morgan fingerprint density at radius 3 is 2.72 bits per heavy atom. The van der Waals surface area contributed by atoms with Gasteiger partial charge in [-0.15, -0.1) is 0 Å². The summed E-state index contributed by atoms with van der Waals surface area (Å²) in [6, 6.07) is 11.3. The Hall–Kier alpha value is -2.44. The second-order valence-electron chi connectivity index (χ2n) is 5.85. The van der Waals surface area contributed by atoms with Crippen LogP contribution in [-0.2, 0) is 11.2 Å². The van der Waals surface area contributed by atoms with Crippen LogP contribution in [0.15, 0.2) is 42.6 Å². The summed E-state index contributed by atoms with van der Waals surface area (Å²) in [5, 5.41) is 6.18. The van der Waals surface area contributed by atoms with E-state index in [4.69, 9.17) is 9.47 Å². The van der Waals surface area contributed by atoms with Gasteiger partial charge >= 0.3 is 0 Å². The molecule has 1 fully saturated rings. The molecule has 1 aliphatic heterocycles. The highest BCUT2D eigenvalue weighted by molar-refractivity contribution is 6.04. The number of ether oxygens (including phenoxy) is 2. The van der Waals surface area contributed by atoms with Gasteiger partial charge in [-0.3, -0.25) is 10.1 Å². The Morgan fingerprint density at radius 1 is 1.28 bits per heavy atom. The van der Waals surface area contributed by atoms with Crippen LogP contribution in [0.25, 0.3) is 0 Å². The van der Waals surface area contributed by atoms with Gasteiger partial charge in [-0.25, -0.2) is 4.98 Å². The summed E-state index contributed by atoms with van der Waals surface area (Å²) in [6.45, 7) is 4.23. The number of pyridine rings is 1. The van der Waals surface area contributed by atoms with Gasteiger partial charge in [0.2, 0.25) is 5.88 Å². The molecule has 2 aromatic rings. The van der Waals surface area contributed by atoms with Crippen molar-refractivity contribution in [3.05, 3.63) is 53.7 Å². The van der Waals surface area contributed by atoms with Crippen molar-refractivity contribution in [2.24, 2.45) is 0 Å². The molecule has 1 aromatic heterocycles. The maximum atomic E-state index is 12.2. The summed E-state index contributed by atoms with van der Waals surface area (Å²) in [4.78, 5) is 16.3. The molecule has 0 unspecified atom stereocenters. The van der Waals surface area contributed by atoms with E-state index in [-0.39, 0.29) is 12.1 Å². The maximum absolute atomic E-state index is 12.2. The highest BCUT2D eigenvalue weighted by Gasteiger charge is 2.20. The molecule has 1 saturated heterocycles. The Bertz CT molecular complexity index is 682. The fourth-order valence-corrected chi connectivity index (χ4v) is 2.43. The number of epoxide rings is 1. The normalized spacial score (nSPS) is 15.6. The number of carbonyl (C=O) groups excluding carboxylic acids is 1. The molecule has 6 nitrogen and oxygen atoms in total. The lowest BCUT2D eigenvalue weighted by molar-refractivity contribution is 0.102. The van der Waals surface area contributed by atoms with Gasteiger partial charge < -0.3 is 14.8 Å². The van der Waals surface area contributed by atoms with Crippen molar-refractivity contribution in [2.75, 3.05) is 25.1 Å². The van der Waals surface area contributed by atoms with Crippen molar-refractivity contribution < 1.29 is 14.3 Å². The van der Waals surface area contributed by atoms with E-state index in [9.17, 15) is 4.79 Å². The summed E-state index contributed by atoms with van der Waals surface area (Å²) < 4.78 is 10.4. The smallest absolute Gasteiger partial charge is 0.257 e. The van der Waals surface area contributed by atoms with Crippen LogP contribution < -0.4 is 15.4 Å². The number of amides is 1. The molecule has 2 N–H and O–H groups in total. The van der Waals surface area contributed by atoms with E-state index >= 15 is 0 Å². The van der Waals surface area contributed by atoms with E-state index in [1.54, 1.807) is 12.1 Å². The number of anilines is 1. The van der Waals surface area contributed by atoms with Gasteiger partial charge in [0.15, 0.2) is 0 Å². The third-order valence-corrected chi connectivity index (χ3v) is 3.85. The van der Waals surface area contributed by atoms with Crippen LogP contribution in [0.5, 0.6) is 5.88 Å². The highest BCUT2D eigenvalue weighted by Crippen LogP contribution is 2.14. The first-order chi connectivity index (χ1) is 12.2. The summed E-state index contributed by atoms with van der Waals surface area (Å²) in [5.41, 5.74) is 2.52. The first kappa shape index (κ1) is 17.4. The topological polar surface area (TPSA) is 75.8 Å². The average Bonchev–Trinajstić information content (AvgIpc) is 3.45. The van der Waals surface area contributed by atoms with Crippen molar-refractivity contribution in [1.82, 2.24) is 10.3 Å². The lowest BCUT2D eigenvalue weighted by Crippen LogP contribution is -2.19. The van der Waals surface area contributed by atoms with Gasteiger partial charge in [0.05, 0.1) is 18.8 Å². The minimum atomic E-state index is -0.183. The molecule has 6 heteroatoms. The number of aromatic nitrogens is 1. The van der Waals surface area contributed by atoms with Crippen molar-refractivity contribution in [2.45, 2.75) is 26.0 Å². The number of carbonyl (C=O) groups is 1. The van der Waals surface area contributed by atoms with E-state index in [2.05, 4.69) is 15.6 Å². The van der Waals surface area contributed by atoms with Crippen molar-refractivity contribution in [3.63, 3.8) is 0 Å². The molecule has 25 heavy (non-hydrogen) atoms. The summed E-state index contributed by atoms with van der Waals surface area (Å²) in [7, 11) is 0. The lowest BCUT2D eigenvalue weighted by Gasteiger charge is -2.07. The summed E-state index contributed by atoms with van der Waals surface area (Å²) in [6.07, 6.45) is 3.85. The Kier molecular flexibility index (Phi) is 5.98. The molecule has 0 saturated carbocycles. The van der Waals surface area contributed by atoms with Crippen molar-refractivity contribution in [1.29, 1.82) is 0 Å². The number of hydrogen-bond acceptors (Lipinski definition) is 5. The fraction of sp³-hybridized carbons (Fsp3) is 0.368. The van der Waals surface area contributed by atoms with Gasteiger partial charge in [0.25, 0.3) is 5.91 Å². The molecular weight excluding hydrogens is 318 g/mol. The molecule has 1 atom stereocenters. The van der Waals surface area contributed by atoms with E-state index in [0.717, 1.165) is 31.7 Å². The minimum Gasteiger partial charge on any atom is -0.478 e. The highest BCUT2D eigenvalue weighted by atomic mass is 16.6. The van der Waals surface area contributed by atoms with Crippen molar-refractivity contribution in [3.8, 4) is 5.88 Å². The molecule has 0 radical (unpaired) electrons. The predicted octanol–water partition coefficient (Wildman–Crippen LogP) is 2.61. The predicted molar refractivity (Wildman–Crippen MR) is 95.9 cm³/mol. The number of aryl methyl sites for hydroxylation is 1. The van der Waals surface area contributed by atoms with Crippen LogP contribution >= 0.6 is 0 Å². The van der Waals surface area contributed by atoms with Crippen LogP contribution in [0.2, 0.25) is 0 Å². The second kappa shape index (κ2) is 8.60. The number of benzene rings is 1. The molecule has 1 aliphatic rings. The zero-order valence-corrected chi connectivity index (χ0v) is 14.3. The molecule has 0 bridgehead atoms. The van der Waals surface area contributed by atoms with Crippen LogP contribution in [0.4, 0.5) is 5.69 Å². The van der Waals surface area contributed by atoms with Gasteiger partial charge in [0.1, 0.15) is 6.23 Å². The number of nitrogens with zero attached hydrogens (tertiary/aromatic N) is 1. The molecule has 1 aromatic carbocycles. The quantitative estimate of drug-likeness (QED) is 0.542. The maximum Gasteiger partial charge on any atom is 0.257 e. The summed E-state index contributed by atoms with van der Waals surface area (Å²) >= 11 is 0. The Labute approximate surface area is 147 Å². The molecule has 132 valence electrons. The zero-order valence-electron chi connectivity index (χ0n) is 14.3. The third kappa shape index (κ3) is 5.55. The number of rotatable bonds is 9. The van der Waals surface area contributed by atoms with E-state index < -0.39 is 0 Å². The molecule has 3 rings (SSSR count). The average molecular weight is 341 g/mol. The van der Waals surface area contributed by atoms with Crippen LogP contribution in [0, 0.1) is 0 Å². The Balaban J connectivity index is 1.47. The molecule has 0 spiro atoms. The molecule has 2 heterocycles. The zero-order chi connectivity index (χ0) is 17.5. The number of hydrogen-bond donors (Lipinski definition) is 2. The first-order valence-corrected chi connectivity index (χ1v) is 8.58. The van der Waals surface area contributed by atoms with E-state index in [1.807, 2.05) is 31.2 Å². The van der Waals surface area contributed by atoms with Crippen LogP contribution in [0.3, 0.4) is 0 Å². The standard InChI is InChI=1S/C19H23N3O3/c1-2-24-17-10-7-15(12-21-17)19(23)22-16-8-5-14(6-9-16)4-3-11-20-18-13-25-18/h5-10,12,18,20H,2-4,11,13H2,1H3,(H,22,23)/t18-/m0/s1. The number of nitrogens with one attached hydrogen (secondary N) is 2. The Morgan fingerprint density at radius 2 is 2.08 bits per heavy atom. The fourth-order valence-electron chi connectivity index (χ4n) is 2.43. The SMILES string of the molecule is CCOc1ccc(C(=O)Nc2ccc(CCCN[C@@H]3CO3)cc2)cn1. The molecule has 1 amide bonds. The van der Waals surface area contributed by atoms with Crippen LogP contribution in [-0.4, -0.2) is 36.9 Å². The molecule has 0 aliphatic carbocycles. The van der Waals surface area contributed by atoms with Crippen molar-refractivity contribution >= 4 is 11.6 Å². The third-order valence-electron chi connectivity index (χ3n) is 3.85. The van der Waals surface area contributed by atoms with E-state index in [1.165, 1.54) is 11.8 Å². The van der Waals surface area contributed by atoms with Gasteiger partial charge in [-0.1, -0.05) is 12.1 Å². The second-order valence-corrected chi connectivity index (χ2v) is 5.85. The van der Waals surface area contributed by atoms with Gasteiger partial charge in [0, 0.05) is 18.0 Å². The summed E-state index contributed by atoms with van der Waals surface area (Å²) in [5.74, 6) is 0.336.